The van der Waals surface area contributed by atoms with Crippen LogP contribution in [-0.4, -0.2) is 74.3 Å². The molecule has 0 bridgehead atoms. The van der Waals surface area contributed by atoms with Gasteiger partial charge in [0.05, 0.1) is 23.6 Å². The van der Waals surface area contributed by atoms with Gasteiger partial charge in [-0.15, -0.1) is 0 Å². The molecule has 2 atom stereocenters. The number of halogens is 5. The molecule has 2 saturated heterocycles. The van der Waals surface area contributed by atoms with Crippen molar-refractivity contribution in [3.05, 3.63) is 71.5 Å². The normalized spacial score (nSPS) is 21.5. The molecule has 3 amide bonds. The molecule has 13 heteroatoms. The SMILES string of the molecule is C[C@]1(NC(=O)C(F)(F)F)CCN([C@H]2CCCN(C(=O)c3cccn4cncc34)C2)C1=O.Fc1cccc(Cl)c1. The van der Waals surface area contributed by atoms with Crippen molar-refractivity contribution in [2.45, 2.75) is 43.9 Å². The highest BCUT2D eigenvalue weighted by Gasteiger charge is 2.51. The monoisotopic (exact) mass is 567 g/mol. The maximum atomic E-state index is 13.1. The molecular formula is C26H26ClF4N5O3. The number of aromatic nitrogens is 2. The Labute approximate surface area is 226 Å². The second-order valence-electron chi connectivity index (χ2n) is 9.63. The van der Waals surface area contributed by atoms with E-state index in [1.165, 1.54) is 24.0 Å². The molecule has 1 N–H and O–H groups in total. The summed E-state index contributed by atoms with van der Waals surface area (Å²) in [5, 5.41) is 2.28. The van der Waals surface area contributed by atoms with Crippen molar-refractivity contribution in [3.8, 4) is 0 Å². The summed E-state index contributed by atoms with van der Waals surface area (Å²) in [6, 6.07) is 8.96. The minimum atomic E-state index is -5.06. The van der Waals surface area contributed by atoms with E-state index in [-0.39, 0.29) is 37.3 Å². The Morgan fingerprint density at radius 1 is 1.18 bits per heavy atom. The molecule has 2 aromatic heterocycles. The first-order chi connectivity index (χ1) is 18.4. The Morgan fingerprint density at radius 3 is 2.62 bits per heavy atom. The number of likely N-dealkylation sites (tertiary alicyclic amines) is 2. The maximum Gasteiger partial charge on any atom is 0.471 e. The quantitative estimate of drug-likeness (QED) is 0.483. The van der Waals surface area contributed by atoms with E-state index in [4.69, 9.17) is 11.6 Å². The highest BCUT2D eigenvalue weighted by Crippen LogP contribution is 2.30. The average molecular weight is 568 g/mol. The van der Waals surface area contributed by atoms with Crippen LogP contribution in [-0.2, 0) is 9.59 Å². The predicted molar refractivity (Wildman–Crippen MR) is 134 cm³/mol. The first kappa shape index (κ1) is 28.3. The molecule has 5 rings (SSSR count). The number of fused-ring (bicyclic) bond motifs is 1. The number of hydrogen-bond acceptors (Lipinski definition) is 4. The van der Waals surface area contributed by atoms with Crippen LogP contribution in [0.15, 0.2) is 55.1 Å². The number of amides is 3. The number of hydrogen-bond donors (Lipinski definition) is 1. The summed E-state index contributed by atoms with van der Waals surface area (Å²) >= 11 is 5.40. The smallest absolute Gasteiger partial charge is 0.337 e. The van der Waals surface area contributed by atoms with E-state index in [9.17, 15) is 31.9 Å². The van der Waals surface area contributed by atoms with Gasteiger partial charge in [-0.1, -0.05) is 17.7 Å². The topological polar surface area (TPSA) is 87.0 Å². The van der Waals surface area contributed by atoms with Crippen LogP contribution in [0.25, 0.3) is 5.52 Å². The van der Waals surface area contributed by atoms with Crippen LogP contribution in [0.3, 0.4) is 0 Å². The number of carbonyl (C=O) groups excluding carboxylic acids is 3. The van der Waals surface area contributed by atoms with Gasteiger partial charge in [0.25, 0.3) is 5.91 Å². The highest BCUT2D eigenvalue weighted by molar-refractivity contribution is 6.30. The minimum Gasteiger partial charge on any atom is -0.337 e. The van der Waals surface area contributed by atoms with Crippen LogP contribution < -0.4 is 5.32 Å². The molecule has 39 heavy (non-hydrogen) atoms. The Hall–Kier alpha value is -3.67. The second-order valence-corrected chi connectivity index (χ2v) is 10.1. The van der Waals surface area contributed by atoms with Crippen molar-refractivity contribution < 1.29 is 31.9 Å². The highest BCUT2D eigenvalue weighted by atomic mass is 35.5. The van der Waals surface area contributed by atoms with E-state index in [0.29, 0.717) is 35.5 Å². The summed E-state index contributed by atoms with van der Waals surface area (Å²) in [7, 11) is 0. The molecule has 0 radical (unpaired) electrons. The van der Waals surface area contributed by atoms with Crippen molar-refractivity contribution in [3.63, 3.8) is 0 Å². The van der Waals surface area contributed by atoms with Crippen LogP contribution in [0, 0.1) is 5.82 Å². The molecule has 2 aliphatic rings. The van der Waals surface area contributed by atoms with Gasteiger partial charge >= 0.3 is 12.1 Å². The molecular weight excluding hydrogens is 542 g/mol. The van der Waals surface area contributed by atoms with Gasteiger partial charge in [-0.2, -0.15) is 13.2 Å². The van der Waals surface area contributed by atoms with Gasteiger partial charge in [0, 0.05) is 36.9 Å². The molecule has 3 aromatic rings. The fraction of sp³-hybridized carbons (Fsp3) is 0.385. The molecule has 1 aromatic carbocycles. The molecule has 0 aliphatic carbocycles. The number of rotatable bonds is 3. The molecule has 2 aliphatic heterocycles. The number of nitrogens with one attached hydrogen (secondary N) is 1. The van der Waals surface area contributed by atoms with Crippen molar-refractivity contribution >= 4 is 34.8 Å². The number of imidazole rings is 1. The largest absolute Gasteiger partial charge is 0.471 e. The molecule has 4 heterocycles. The predicted octanol–water partition coefficient (Wildman–Crippen LogP) is 4.09. The van der Waals surface area contributed by atoms with Gasteiger partial charge in [0.15, 0.2) is 0 Å². The van der Waals surface area contributed by atoms with E-state index in [1.54, 1.807) is 52.3 Å². The Morgan fingerprint density at radius 2 is 1.95 bits per heavy atom. The van der Waals surface area contributed by atoms with Gasteiger partial charge in [-0.3, -0.25) is 14.4 Å². The summed E-state index contributed by atoms with van der Waals surface area (Å²) in [5.41, 5.74) is -0.438. The summed E-state index contributed by atoms with van der Waals surface area (Å²) in [6.45, 7) is 2.33. The third kappa shape index (κ3) is 6.32. The number of pyridine rings is 1. The fourth-order valence-electron chi connectivity index (χ4n) is 4.81. The van der Waals surface area contributed by atoms with Crippen LogP contribution in [0.1, 0.15) is 36.5 Å². The minimum absolute atomic E-state index is 0.0766. The zero-order chi connectivity index (χ0) is 28.4. The van der Waals surface area contributed by atoms with E-state index >= 15 is 0 Å². The first-order valence-corrected chi connectivity index (χ1v) is 12.6. The lowest BCUT2D eigenvalue weighted by Gasteiger charge is -2.38. The first-order valence-electron chi connectivity index (χ1n) is 12.2. The average Bonchev–Trinajstić information content (AvgIpc) is 3.48. The van der Waals surface area contributed by atoms with Gasteiger partial charge in [-0.05, 0) is 56.5 Å². The van der Waals surface area contributed by atoms with Gasteiger partial charge in [-0.25, -0.2) is 9.37 Å². The third-order valence-electron chi connectivity index (χ3n) is 6.83. The molecule has 2 fully saturated rings. The zero-order valence-corrected chi connectivity index (χ0v) is 21.7. The molecule has 8 nitrogen and oxygen atoms in total. The number of carbonyl (C=O) groups is 3. The lowest BCUT2D eigenvalue weighted by atomic mass is 9.99. The van der Waals surface area contributed by atoms with Crippen molar-refractivity contribution in [2.24, 2.45) is 0 Å². The van der Waals surface area contributed by atoms with Crippen LogP contribution in [0.2, 0.25) is 5.02 Å². The number of benzene rings is 1. The van der Waals surface area contributed by atoms with Crippen LogP contribution >= 0.6 is 11.6 Å². The van der Waals surface area contributed by atoms with E-state index < -0.39 is 23.5 Å². The van der Waals surface area contributed by atoms with Gasteiger partial charge in [0.1, 0.15) is 11.4 Å². The lowest BCUT2D eigenvalue weighted by Crippen LogP contribution is -2.57. The molecule has 0 spiro atoms. The summed E-state index contributed by atoms with van der Waals surface area (Å²) in [6.07, 6.45) is 1.31. The maximum absolute atomic E-state index is 13.1. The number of nitrogens with zero attached hydrogens (tertiary/aromatic N) is 4. The van der Waals surface area contributed by atoms with E-state index in [0.717, 1.165) is 0 Å². The summed E-state index contributed by atoms with van der Waals surface area (Å²) in [5.74, 6) is -3.16. The van der Waals surface area contributed by atoms with Crippen molar-refractivity contribution in [1.82, 2.24) is 24.5 Å². The molecule has 0 saturated carbocycles. The Kier molecular flexibility index (Phi) is 8.15. The fourth-order valence-corrected chi connectivity index (χ4v) is 4.99. The van der Waals surface area contributed by atoms with E-state index in [2.05, 4.69) is 4.98 Å². The van der Waals surface area contributed by atoms with E-state index in [1.807, 2.05) is 5.32 Å². The zero-order valence-electron chi connectivity index (χ0n) is 20.9. The second kappa shape index (κ2) is 11.2. The van der Waals surface area contributed by atoms with Crippen LogP contribution in [0.5, 0.6) is 0 Å². The van der Waals surface area contributed by atoms with Crippen molar-refractivity contribution in [1.29, 1.82) is 0 Å². The lowest BCUT2D eigenvalue weighted by molar-refractivity contribution is -0.176. The number of alkyl halides is 3. The standard InChI is InChI=1S/C20H22F3N5O3.C6H4ClF/c1-19(25-17(30)20(21,22)23)6-9-28(18(19)31)13-4-2-7-26(11-13)16(29)14-5-3-8-27-12-24-10-15(14)27;7-5-2-1-3-6(8)4-5/h3,5,8,10,12-13H,2,4,6-7,9,11H2,1H3,(H,25,30);1-4H/t13-,19-;/m0./s1. The number of piperidine rings is 1. The Bertz CT molecular complexity index is 1360. The Balaban J connectivity index is 0.000000379. The summed E-state index contributed by atoms with van der Waals surface area (Å²) in [4.78, 5) is 44.6. The summed E-state index contributed by atoms with van der Waals surface area (Å²) < 4.78 is 51.8. The molecule has 208 valence electrons. The van der Waals surface area contributed by atoms with Crippen LogP contribution in [0.4, 0.5) is 17.6 Å². The van der Waals surface area contributed by atoms with Crippen molar-refractivity contribution in [2.75, 3.05) is 19.6 Å². The van der Waals surface area contributed by atoms with Gasteiger partial charge in [0.2, 0.25) is 5.91 Å². The third-order valence-corrected chi connectivity index (χ3v) is 7.06. The van der Waals surface area contributed by atoms with Gasteiger partial charge < -0.3 is 19.5 Å². The molecule has 0 unspecified atom stereocenters.